The second-order valence-corrected chi connectivity index (χ2v) is 6.03. The zero-order valence-electron chi connectivity index (χ0n) is 14.5. The summed E-state index contributed by atoms with van der Waals surface area (Å²) in [5.41, 5.74) is 0. The van der Waals surface area contributed by atoms with Gasteiger partial charge in [-0.15, -0.1) is 0 Å². The molecule has 1 aliphatic heterocycles. The van der Waals surface area contributed by atoms with Crippen LogP contribution in [0.4, 0.5) is 0 Å². The second-order valence-electron chi connectivity index (χ2n) is 6.03. The predicted octanol–water partition coefficient (Wildman–Crippen LogP) is 1.39. The molecule has 0 aromatic rings. The zero-order chi connectivity index (χ0) is 17.6. The lowest BCUT2D eigenvalue weighted by molar-refractivity contribution is -0.239. The van der Waals surface area contributed by atoms with Crippen molar-refractivity contribution in [2.24, 2.45) is 11.8 Å². The Kier molecular flexibility index (Phi) is 7.48. The lowest BCUT2D eigenvalue weighted by atomic mass is 9.82. The minimum atomic E-state index is -0.891. The summed E-state index contributed by atoms with van der Waals surface area (Å²) in [6, 6.07) is -0.436. The summed E-state index contributed by atoms with van der Waals surface area (Å²) < 4.78 is 16.2. The van der Waals surface area contributed by atoms with E-state index in [4.69, 9.17) is 14.2 Å². The number of carbonyl (C=O) groups excluding carboxylic acids is 3. The third-order valence-electron chi connectivity index (χ3n) is 4.10. The fraction of sp³-hybridized carbons (Fsp3) is 0.812. The molecule has 1 aliphatic rings. The highest BCUT2D eigenvalue weighted by atomic mass is 16.7. The van der Waals surface area contributed by atoms with Crippen molar-refractivity contribution < 1.29 is 28.6 Å². The average molecular weight is 329 g/mol. The van der Waals surface area contributed by atoms with Gasteiger partial charge in [-0.05, 0) is 18.3 Å². The van der Waals surface area contributed by atoms with E-state index in [1.54, 1.807) is 0 Å². The lowest BCUT2D eigenvalue weighted by Gasteiger charge is -2.43. The summed E-state index contributed by atoms with van der Waals surface area (Å²) >= 11 is 0. The molecule has 5 atom stereocenters. The first-order chi connectivity index (χ1) is 10.8. The fourth-order valence-corrected chi connectivity index (χ4v) is 2.64. The van der Waals surface area contributed by atoms with Crippen molar-refractivity contribution in [3.8, 4) is 0 Å². The van der Waals surface area contributed by atoms with Crippen LogP contribution in [0.1, 0.15) is 47.5 Å². The average Bonchev–Trinajstić information content (AvgIpc) is 2.45. The summed E-state index contributed by atoms with van der Waals surface area (Å²) in [7, 11) is 0. The number of amides is 1. The van der Waals surface area contributed by atoms with Crippen LogP contribution in [-0.4, -0.2) is 42.9 Å². The largest absolute Gasteiger partial charge is 0.463 e. The van der Waals surface area contributed by atoms with Crippen molar-refractivity contribution in [3.63, 3.8) is 0 Å². The maximum Gasteiger partial charge on any atom is 0.305 e. The Morgan fingerprint density at radius 2 is 1.78 bits per heavy atom. The van der Waals surface area contributed by atoms with Crippen LogP contribution in [0, 0.1) is 11.8 Å². The van der Waals surface area contributed by atoms with Gasteiger partial charge >= 0.3 is 11.9 Å². The topological polar surface area (TPSA) is 90.9 Å². The van der Waals surface area contributed by atoms with Crippen LogP contribution in [0.25, 0.3) is 0 Å². The number of carbonyl (C=O) groups is 3. The highest BCUT2D eigenvalue weighted by molar-refractivity contribution is 5.73. The van der Waals surface area contributed by atoms with E-state index in [0.29, 0.717) is 6.42 Å². The minimum absolute atomic E-state index is 0.00752. The summed E-state index contributed by atoms with van der Waals surface area (Å²) in [4.78, 5) is 34.2. The van der Waals surface area contributed by atoms with Gasteiger partial charge in [-0.25, -0.2) is 0 Å². The summed E-state index contributed by atoms with van der Waals surface area (Å²) in [5, 5.41) is 2.77. The molecule has 7 heteroatoms. The first kappa shape index (κ1) is 19.4. The molecule has 1 N–H and O–H groups in total. The third-order valence-corrected chi connectivity index (χ3v) is 4.10. The molecule has 1 rings (SSSR count). The van der Waals surface area contributed by atoms with Crippen LogP contribution < -0.4 is 5.32 Å². The van der Waals surface area contributed by atoms with Gasteiger partial charge in [0.05, 0.1) is 12.1 Å². The van der Waals surface area contributed by atoms with Gasteiger partial charge in [0.15, 0.2) is 0 Å². The van der Waals surface area contributed by atoms with Crippen LogP contribution in [0.3, 0.4) is 0 Å². The monoisotopic (exact) mass is 329 g/mol. The van der Waals surface area contributed by atoms with Crippen molar-refractivity contribution in [1.82, 2.24) is 5.32 Å². The van der Waals surface area contributed by atoms with Gasteiger partial charge in [-0.2, -0.15) is 0 Å². The standard InChI is InChI=1S/C16H27NO6/c1-6-7-14(20)21-8-13-9(2)10(3)15(17-11(4)18)16(23-13)22-12(5)19/h9-10,13,15-16H,6-8H2,1-5H3,(H,17,18)/t9-,10+,13?,15?,16?/m1/s1. The smallest absolute Gasteiger partial charge is 0.305 e. The quantitative estimate of drug-likeness (QED) is 0.741. The third kappa shape index (κ3) is 5.82. The Morgan fingerprint density at radius 1 is 1.13 bits per heavy atom. The summed E-state index contributed by atoms with van der Waals surface area (Å²) in [5.74, 6) is -0.972. The first-order valence-corrected chi connectivity index (χ1v) is 8.01. The van der Waals surface area contributed by atoms with Crippen molar-refractivity contribution in [2.45, 2.75) is 65.9 Å². The molecule has 0 spiro atoms. The molecular formula is C16H27NO6. The van der Waals surface area contributed by atoms with Crippen LogP contribution in [0.5, 0.6) is 0 Å². The molecule has 1 heterocycles. The van der Waals surface area contributed by atoms with Crippen molar-refractivity contribution in [1.29, 1.82) is 0 Å². The second kappa shape index (κ2) is 8.86. The Labute approximate surface area is 137 Å². The first-order valence-electron chi connectivity index (χ1n) is 8.01. The van der Waals surface area contributed by atoms with Crippen molar-refractivity contribution in [2.75, 3.05) is 6.61 Å². The van der Waals surface area contributed by atoms with Gasteiger partial charge in [0, 0.05) is 20.3 Å². The SMILES string of the molecule is CCCC(=O)OCC1OC(OC(C)=O)C(NC(C)=O)[C@@H](C)[C@H]1C. The molecule has 0 radical (unpaired) electrons. The molecule has 0 saturated carbocycles. The Bertz CT molecular complexity index is 438. The molecule has 0 aromatic heterocycles. The number of esters is 2. The van der Waals surface area contributed by atoms with Gasteiger partial charge in [-0.1, -0.05) is 20.8 Å². The molecule has 7 nitrogen and oxygen atoms in total. The van der Waals surface area contributed by atoms with Crippen LogP contribution >= 0.6 is 0 Å². The van der Waals surface area contributed by atoms with Crippen molar-refractivity contribution in [3.05, 3.63) is 0 Å². The maximum absolute atomic E-state index is 11.5. The van der Waals surface area contributed by atoms with E-state index >= 15 is 0 Å². The van der Waals surface area contributed by atoms with Gasteiger partial charge in [0.1, 0.15) is 6.61 Å². The van der Waals surface area contributed by atoms with Crippen LogP contribution in [0.2, 0.25) is 0 Å². The Balaban J connectivity index is 2.77. The number of nitrogens with one attached hydrogen (secondary N) is 1. The van der Waals surface area contributed by atoms with Crippen LogP contribution in [0.15, 0.2) is 0 Å². The van der Waals surface area contributed by atoms with E-state index in [0.717, 1.165) is 6.42 Å². The zero-order valence-corrected chi connectivity index (χ0v) is 14.5. The fourth-order valence-electron chi connectivity index (χ4n) is 2.64. The molecule has 1 saturated heterocycles. The summed E-state index contributed by atoms with van der Waals surface area (Å²) in [6.45, 7) is 8.60. The summed E-state index contributed by atoms with van der Waals surface area (Å²) in [6.07, 6.45) is -0.201. The molecule has 132 valence electrons. The number of rotatable bonds is 6. The molecular weight excluding hydrogens is 302 g/mol. The molecule has 0 bridgehead atoms. The lowest BCUT2D eigenvalue weighted by Crippen LogP contribution is -2.58. The molecule has 3 unspecified atom stereocenters. The van der Waals surface area contributed by atoms with Gasteiger partial charge in [0.2, 0.25) is 12.2 Å². The van der Waals surface area contributed by atoms with E-state index in [9.17, 15) is 14.4 Å². The van der Waals surface area contributed by atoms with E-state index in [-0.39, 0.29) is 36.4 Å². The van der Waals surface area contributed by atoms with Crippen LogP contribution in [-0.2, 0) is 28.6 Å². The van der Waals surface area contributed by atoms with Gasteiger partial charge in [-0.3, -0.25) is 14.4 Å². The Morgan fingerprint density at radius 3 is 2.30 bits per heavy atom. The number of ether oxygens (including phenoxy) is 3. The van der Waals surface area contributed by atoms with E-state index < -0.39 is 18.3 Å². The minimum Gasteiger partial charge on any atom is -0.463 e. The predicted molar refractivity (Wildman–Crippen MR) is 82.2 cm³/mol. The van der Waals surface area contributed by atoms with Gasteiger partial charge < -0.3 is 19.5 Å². The normalized spacial score (nSPS) is 30.4. The van der Waals surface area contributed by atoms with Gasteiger partial charge in [0.25, 0.3) is 0 Å². The number of hydrogen-bond acceptors (Lipinski definition) is 6. The molecule has 1 fully saturated rings. The highest BCUT2D eigenvalue weighted by Crippen LogP contribution is 2.31. The van der Waals surface area contributed by atoms with E-state index in [2.05, 4.69) is 5.32 Å². The highest BCUT2D eigenvalue weighted by Gasteiger charge is 2.44. The Hall–Kier alpha value is -1.63. The van der Waals surface area contributed by atoms with E-state index in [1.165, 1.54) is 13.8 Å². The van der Waals surface area contributed by atoms with Crippen molar-refractivity contribution >= 4 is 17.8 Å². The molecule has 1 amide bonds. The molecule has 0 aromatic carbocycles. The van der Waals surface area contributed by atoms with E-state index in [1.807, 2.05) is 20.8 Å². The molecule has 23 heavy (non-hydrogen) atoms. The molecule has 0 aliphatic carbocycles. The maximum atomic E-state index is 11.5. The number of hydrogen-bond donors (Lipinski definition) is 1.